The Hall–Kier alpha value is -3.19. The zero-order valence-electron chi connectivity index (χ0n) is 12.3. The fourth-order valence-corrected chi connectivity index (χ4v) is 2.16. The lowest BCUT2D eigenvalue weighted by Crippen LogP contribution is -2.41. The van der Waals surface area contributed by atoms with Crippen LogP contribution in [0.2, 0.25) is 5.02 Å². The molecular formula is C16H12ClN5O2. The van der Waals surface area contributed by atoms with Crippen LogP contribution in [0.5, 0.6) is 0 Å². The molecule has 0 spiro atoms. The predicted octanol–water partition coefficient (Wildman–Crippen LogP) is 2.00. The molecule has 0 unspecified atom stereocenters. The van der Waals surface area contributed by atoms with Crippen LogP contribution in [0.4, 0.5) is 0 Å². The summed E-state index contributed by atoms with van der Waals surface area (Å²) in [5.41, 5.74) is 5.61. The number of rotatable bonds is 3. The summed E-state index contributed by atoms with van der Waals surface area (Å²) in [6.45, 7) is 0. The predicted molar refractivity (Wildman–Crippen MR) is 87.7 cm³/mol. The van der Waals surface area contributed by atoms with Crippen LogP contribution in [0.3, 0.4) is 0 Å². The summed E-state index contributed by atoms with van der Waals surface area (Å²) in [5.74, 6) is -1.11. The summed E-state index contributed by atoms with van der Waals surface area (Å²) in [5, 5.41) is 8.37. The topological polar surface area (TPSA) is 88.9 Å². The van der Waals surface area contributed by atoms with Crippen molar-refractivity contribution < 1.29 is 9.59 Å². The summed E-state index contributed by atoms with van der Waals surface area (Å²) < 4.78 is 0. The maximum absolute atomic E-state index is 12.0. The number of nitrogens with zero attached hydrogens (tertiary/aromatic N) is 3. The van der Waals surface area contributed by atoms with E-state index in [9.17, 15) is 9.59 Å². The van der Waals surface area contributed by atoms with Gasteiger partial charge in [0.15, 0.2) is 5.69 Å². The van der Waals surface area contributed by atoms with Crippen molar-refractivity contribution in [1.29, 1.82) is 0 Å². The van der Waals surface area contributed by atoms with Gasteiger partial charge in [-0.3, -0.25) is 20.4 Å². The van der Waals surface area contributed by atoms with Crippen molar-refractivity contribution in [3.05, 3.63) is 77.1 Å². The molecule has 3 rings (SSSR count). The molecule has 24 heavy (non-hydrogen) atoms. The number of amides is 2. The molecule has 0 saturated heterocycles. The van der Waals surface area contributed by atoms with Gasteiger partial charge in [-0.2, -0.15) is 9.90 Å². The highest BCUT2D eigenvalue weighted by Gasteiger charge is 2.14. The van der Waals surface area contributed by atoms with E-state index in [1.165, 1.54) is 11.0 Å². The molecule has 0 aliphatic rings. The monoisotopic (exact) mass is 341 g/mol. The standard InChI is InChI=1S/C16H12ClN5O2/c17-13-9-5-4-8-12(13)15(23)19-20-16(24)14-10-18-22(21-14)11-6-2-1-3-7-11/h1-10H,(H,19,23)(H,20,24). The molecular weight excluding hydrogens is 330 g/mol. The zero-order valence-corrected chi connectivity index (χ0v) is 13.1. The fraction of sp³-hybridized carbons (Fsp3) is 0. The number of aromatic nitrogens is 3. The van der Waals surface area contributed by atoms with Crippen LogP contribution < -0.4 is 10.9 Å². The van der Waals surface area contributed by atoms with Gasteiger partial charge in [-0.25, -0.2) is 0 Å². The van der Waals surface area contributed by atoms with Crippen molar-refractivity contribution in [2.24, 2.45) is 0 Å². The van der Waals surface area contributed by atoms with Gasteiger partial charge in [0.25, 0.3) is 11.8 Å². The van der Waals surface area contributed by atoms with Gasteiger partial charge < -0.3 is 0 Å². The number of nitrogens with one attached hydrogen (secondary N) is 2. The second-order valence-corrected chi connectivity index (χ2v) is 5.15. The molecule has 1 aromatic heterocycles. The fourth-order valence-electron chi connectivity index (χ4n) is 1.94. The molecule has 0 radical (unpaired) electrons. The average molecular weight is 342 g/mol. The van der Waals surface area contributed by atoms with Crippen molar-refractivity contribution >= 4 is 23.4 Å². The lowest BCUT2D eigenvalue weighted by molar-refractivity contribution is 0.0844. The molecule has 7 nitrogen and oxygen atoms in total. The third kappa shape index (κ3) is 3.41. The number of halogens is 1. The van der Waals surface area contributed by atoms with Crippen molar-refractivity contribution in [1.82, 2.24) is 25.8 Å². The molecule has 8 heteroatoms. The van der Waals surface area contributed by atoms with Gasteiger partial charge in [0, 0.05) is 0 Å². The third-order valence-corrected chi connectivity index (χ3v) is 3.45. The third-order valence-electron chi connectivity index (χ3n) is 3.12. The van der Waals surface area contributed by atoms with Crippen molar-refractivity contribution in [3.8, 4) is 5.69 Å². The zero-order chi connectivity index (χ0) is 16.9. The summed E-state index contributed by atoms with van der Waals surface area (Å²) in [6, 6.07) is 15.7. The van der Waals surface area contributed by atoms with Crippen molar-refractivity contribution in [2.75, 3.05) is 0 Å². The van der Waals surface area contributed by atoms with E-state index in [2.05, 4.69) is 21.0 Å². The van der Waals surface area contributed by atoms with E-state index in [0.29, 0.717) is 5.02 Å². The lowest BCUT2D eigenvalue weighted by atomic mass is 10.2. The molecule has 2 amide bonds. The number of hydrogen-bond donors (Lipinski definition) is 2. The highest BCUT2D eigenvalue weighted by molar-refractivity contribution is 6.33. The van der Waals surface area contributed by atoms with Gasteiger partial charge in [-0.15, -0.1) is 5.10 Å². The highest BCUT2D eigenvalue weighted by atomic mass is 35.5. The first-order chi connectivity index (χ1) is 11.6. The number of hydrogen-bond acceptors (Lipinski definition) is 4. The van der Waals surface area contributed by atoms with E-state index in [0.717, 1.165) is 5.69 Å². The van der Waals surface area contributed by atoms with Gasteiger partial charge in [0.05, 0.1) is 22.5 Å². The Balaban J connectivity index is 1.65. The van der Waals surface area contributed by atoms with Crippen LogP contribution in [0, 0.1) is 0 Å². The smallest absolute Gasteiger partial charge is 0.267 e. The normalized spacial score (nSPS) is 10.2. The van der Waals surface area contributed by atoms with Crippen LogP contribution in [-0.4, -0.2) is 26.8 Å². The highest BCUT2D eigenvalue weighted by Crippen LogP contribution is 2.14. The second kappa shape index (κ2) is 6.93. The first-order valence-corrected chi connectivity index (χ1v) is 7.36. The quantitative estimate of drug-likeness (QED) is 0.713. The van der Waals surface area contributed by atoms with Crippen LogP contribution in [-0.2, 0) is 0 Å². The Morgan fingerprint density at radius 3 is 2.33 bits per heavy atom. The maximum Gasteiger partial charge on any atom is 0.291 e. The van der Waals surface area contributed by atoms with E-state index in [1.807, 2.05) is 18.2 Å². The Bertz CT molecular complexity index is 879. The van der Waals surface area contributed by atoms with Crippen LogP contribution in [0.1, 0.15) is 20.8 Å². The number of hydrazine groups is 1. The summed E-state index contributed by atoms with van der Waals surface area (Å²) in [4.78, 5) is 25.3. The first-order valence-electron chi connectivity index (χ1n) is 6.98. The van der Waals surface area contributed by atoms with Gasteiger partial charge in [0.1, 0.15) is 0 Å². The summed E-state index contributed by atoms with van der Waals surface area (Å²) in [6.07, 6.45) is 1.31. The summed E-state index contributed by atoms with van der Waals surface area (Å²) >= 11 is 5.92. The Morgan fingerprint density at radius 1 is 0.917 bits per heavy atom. The van der Waals surface area contributed by atoms with Crippen LogP contribution >= 0.6 is 11.6 Å². The van der Waals surface area contributed by atoms with Crippen molar-refractivity contribution in [2.45, 2.75) is 0 Å². The Labute approximate surface area is 142 Å². The minimum absolute atomic E-state index is 0.0679. The molecule has 120 valence electrons. The van der Waals surface area contributed by atoms with E-state index < -0.39 is 11.8 Å². The molecule has 0 saturated carbocycles. The molecule has 0 aliphatic heterocycles. The number of para-hydroxylation sites is 1. The average Bonchev–Trinajstić information content (AvgIpc) is 3.11. The van der Waals surface area contributed by atoms with E-state index in [4.69, 9.17) is 11.6 Å². The van der Waals surface area contributed by atoms with E-state index >= 15 is 0 Å². The van der Waals surface area contributed by atoms with Gasteiger partial charge in [-0.1, -0.05) is 41.9 Å². The molecule has 2 aromatic carbocycles. The minimum atomic E-state index is -0.586. The minimum Gasteiger partial charge on any atom is -0.267 e. The number of carbonyl (C=O) groups excluding carboxylic acids is 2. The Kier molecular flexibility index (Phi) is 4.53. The SMILES string of the molecule is O=C(NNC(=O)c1ccccc1Cl)c1cnn(-c2ccccc2)n1. The molecule has 0 aliphatic carbocycles. The van der Waals surface area contributed by atoms with Gasteiger partial charge in [-0.05, 0) is 24.3 Å². The molecule has 0 atom stereocenters. The van der Waals surface area contributed by atoms with Crippen molar-refractivity contribution in [3.63, 3.8) is 0 Å². The van der Waals surface area contributed by atoms with Crippen LogP contribution in [0.25, 0.3) is 5.69 Å². The Morgan fingerprint density at radius 2 is 1.58 bits per heavy atom. The second-order valence-electron chi connectivity index (χ2n) is 4.74. The van der Waals surface area contributed by atoms with Gasteiger partial charge in [0.2, 0.25) is 0 Å². The molecule has 0 bridgehead atoms. The maximum atomic E-state index is 12.0. The lowest BCUT2D eigenvalue weighted by Gasteiger charge is -2.06. The van der Waals surface area contributed by atoms with Crippen LogP contribution in [0.15, 0.2) is 60.8 Å². The molecule has 2 N–H and O–H groups in total. The molecule has 3 aromatic rings. The number of benzene rings is 2. The number of carbonyl (C=O) groups is 2. The largest absolute Gasteiger partial charge is 0.291 e. The van der Waals surface area contributed by atoms with Gasteiger partial charge >= 0.3 is 0 Å². The molecule has 0 fully saturated rings. The van der Waals surface area contributed by atoms with E-state index in [-0.39, 0.29) is 11.3 Å². The molecule has 1 heterocycles. The first kappa shape index (κ1) is 15.7. The summed E-state index contributed by atoms with van der Waals surface area (Å²) in [7, 11) is 0. The van der Waals surface area contributed by atoms with E-state index in [1.54, 1.807) is 36.4 Å².